The highest BCUT2D eigenvalue weighted by molar-refractivity contribution is 7.78. The molecule has 0 aliphatic heterocycles. The van der Waals surface area contributed by atoms with Crippen molar-refractivity contribution in [2.45, 2.75) is 13.3 Å². The average Bonchev–Trinajstić information content (AvgIpc) is 2.29. The molecule has 6 heteroatoms. The molecule has 0 radical (unpaired) electrons. The monoisotopic (exact) mass is 269 g/mol. The molecule has 0 aliphatic rings. The van der Waals surface area contributed by atoms with Crippen LogP contribution in [0.25, 0.3) is 0 Å². The van der Waals surface area contributed by atoms with Gasteiger partial charge in [0.05, 0.1) is 5.49 Å². The van der Waals surface area contributed by atoms with Gasteiger partial charge in [0.2, 0.25) is 11.8 Å². The summed E-state index contributed by atoms with van der Waals surface area (Å²) in [5.41, 5.74) is 11.9. The molecule has 0 aliphatic carbocycles. The van der Waals surface area contributed by atoms with Gasteiger partial charge in [0, 0.05) is 7.05 Å². The van der Waals surface area contributed by atoms with Gasteiger partial charge in [-0.3, -0.25) is 9.59 Å². The molecule has 100 valence electrons. The molecule has 0 atom stereocenters. The van der Waals surface area contributed by atoms with E-state index in [2.05, 4.69) is 48.1 Å². The zero-order valence-corrected chi connectivity index (χ0v) is 11.4. The summed E-state index contributed by atoms with van der Waals surface area (Å²) in [5.74, 6) is -1.37. The van der Waals surface area contributed by atoms with Gasteiger partial charge in [-0.2, -0.15) is 0 Å². The number of hydrogen-bond acceptors (Lipinski definition) is 3. The van der Waals surface area contributed by atoms with Gasteiger partial charge in [-0.05, 0) is 6.92 Å². The minimum absolute atomic E-state index is 0.361. The van der Waals surface area contributed by atoms with Crippen LogP contribution in [0, 0.1) is 6.92 Å². The van der Waals surface area contributed by atoms with E-state index in [1.54, 1.807) is 7.05 Å². The van der Waals surface area contributed by atoms with Gasteiger partial charge in [0.1, 0.15) is 6.42 Å². The van der Waals surface area contributed by atoms with Crippen LogP contribution in [-0.2, 0) is 9.59 Å². The first-order valence-corrected chi connectivity index (χ1v) is 5.60. The average molecular weight is 269 g/mol. The first-order chi connectivity index (χ1) is 8.43. The van der Waals surface area contributed by atoms with E-state index in [4.69, 9.17) is 0 Å². The first-order valence-electron chi connectivity index (χ1n) is 5.13. The Kier molecular flexibility index (Phi) is 13.4. The molecule has 0 bridgehead atoms. The highest BCUT2D eigenvalue weighted by Crippen LogP contribution is 1.92. The second-order valence-corrected chi connectivity index (χ2v) is 3.41. The van der Waals surface area contributed by atoms with Gasteiger partial charge < -0.3 is 16.8 Å². The molecule has 0 unspecified atom stereocenters. The molecule has 1 aromatic carbocycles. The van der Waals surface area contributed by atoms with Gasteiger partial charge >= 0.3 is 0 Å². The highest BCUT2D eigenvalue weighted by atomic mass is 32.1. The fourth-order valence-electron chi connectivity index (χ4n) is 0.706. The fourth-order valence-corrected chi connectivity index (χ4v) is 0.706. The molecule has 0 fully saturated rings. The first kappa shape index (κ1) is 18.4. The van der Waals surface area contributed by atoms with Crippen LogP contribution in [0.1, 0.15) is 12.0 Å². The van der Waals surface area contributed by atoms with Crippen molar-refractivity contribution in [3.05, 3.63) is 35.9 Å². The number of carbonyl (C=O) groups is 2. The summed E-state index contributed by atoms with van der Waals surface area (Å²) >= 11 is 4.32. The predicted octanol–water partition coefficient (Wildman–Crippen LogP) is 0.505. The quantitative estimate of drug-likeness (QED) is 0.550. The van der Waals surface area contributed by atoms with E-state index in [0.29, 0.717) is 0 Å². The van der Waals surface area contributed by atoms with Crippen LogP contribution in [0.5, 0.6) is 0 Å². The van der Waals surface area contributed by atoms with Gasteiger partial charge in [-0.15, -0.1) is 0 Å². The Morgan fingerprint density at radius 2 is 1.61 bits per heavy atom. The highest BCUT2D eigenvalue weighted by Gasteiger charge is 1.96. The summed E-state index contributed by atoms with van der Waals surface area (Å²) in [5, 5.41) is 2.62. The van der Waals surface area contributed by atoms with Crippen LogP contribution in [0.3, 0.4) is 0 Å². The van der Waals surface area contributed by atoms with Gasteiger partial charge in [0.15, 0.2) is 0 Å². The summed E-state index contributed by atoms with van der Waals surface area (Å²) in [7, 11) is 1.77. The SMILES string of the molecule is CNC=S.Cc1ccccc1.NC(=O)CC(N)=O. The lowest BCUT2D eigenvalue weighted by Crippen LogP contribution is -2.21. The molecular weight excluding hydrogens is 250 g/mol. The summed E-state index contributed by atoms with van der Waals surface area (Å²) in [6, 6.07) is 10.3. The standard InChI is InChI=1S/C7H8.C3H6N2O2.C2H5NS/c1-7-5-3-2-4-6-7;4-2(6)1-3(5)7;1-3-2-4/h2-6H,1H3;1H2,(H2,4,6)(H2,5,7);2H,1H3,(H,3,4). The topological polar surface area (TPSA) is 98.2 Å². The maximum atomic E-state index is 9.73. The Bertz CT molecular complexity index is 344. The van der Waals surface area contributed by atoms with Crippen molar-refractivity contribution in [1.82, 2.24) is 5.32 Å². The number of benzene rings is 1. The van der Waals surface area contributed by atoms with Crippen LogP contribution >= 0.6 is 12.2 Å². The molecule has 0 heterocycles. The smallest absolute Gasteiger partial charge is 0.226 e. The van der Waals surface area contributed by atoms with Crippen molar-refractivity contribution in [2.24, 2.45) is 11.5 Å². The van der Waals surface area contributed by atoms with Gasteiger partial charge in [-0.1, -0.05) is 48.1 Å². The summed E-state index contributed by atoms with van der Waals surface area (Å²) in [6.45, 7) is 2.08. The van der Waals surface area contributed by atoms with Crippen molar-refractivity contribution in [2.75, 3.05) is 7.05 Å². The fraction of sp³-hybridized carbons (Fsp3) is 0.250. The normalized spacial score (nSPS) is 7.67. The third-order valence-electron chi connectivity index (χ3n) is 1.41. The van der Waals surface area contributed by atoms with Crippen molar-refractivity contribution >= 4 is 29.5 Å². The number of thiocarbonyl (C=S) groups is 1. The van der Waals surface area contributed by atoms with E-state index >= 15 is 0 Å². The van der Waals surface area contributed by atoms with Gasteiger partial charge in [0.25, 0.3) is 0 Å². The molecule has 18 heavy (non-hydrogen) atoms. The number of nitrogens with one attached hydrogen (secondary N) is 1. The van der Waals surface area contributed by atoms with Crippen LogP contribution < -0.4 is 16.8 Å². The van der Waals surface area contributed by atoms with Crippen molar-refractivity contribution in [3.63, 3.8) is 0 Å². The number of rotatable bonds is 3. The van der Waals surface area contributed by atoms with E-state index in [0.717, 1.165) is 0 Å². The molecule has 1 rings (SSSR count). The summed E-state index contributed by atoms with van der Waals surface area (Å²) < 4.78 is 0. The molecular formula is C12H19N3O2S. The maximum Gasteiger partial charge on any atom is 0.226 e. The lowest BCUT2D eigenvalue weighted by atomic mass is 10.2. The largest absolute Gasteiger partial charge is 0.385 e. The van der Waals surface area contributed by atoms with E-state index in [1.165, 1.54) is 11.1 Å². The number of hydrogen-bond donors (Lipinski definition) is 3. The minimum Gasteiger partial charge on any atom is -0.385 e. The number of aryl methyl sites for hydroxylation is 1. The predicted molar refractivity (Wildman–Crippen MR) is 76.9 cm³/mol. The lowest BCUT2D eigenvalue weighted by Gasteiger charge is -1.82. The zero-order valence-electron chi connectivity index (χ0n) is 10.6. The van der Waals surface area contributed by atoms with Crippen molar-refractivity contribution < 1.29 is 9.59 Å². The summed E-state index contributed by atoms with van der Waals surface area (Å²) in [4.78, 5) is 19.5. The molecule has 2 amide bonds. The molecule has 5 N–H and O–H groups in total. The summed E-state index contributed by atoms with van der Waals surface area (Å²) in [6.07, 6.45) is -0.361. The number of primary amides is 2. The molecule has 0 aromatic heterocycles. The molecule has 0 spiro atoms. The molecule has 1 aromatic rings. The second kappa shape index (κ2) is 13.1. The molecule has 0 saturated carbocycles. The van der Waals surface area contributed by atoms with E-state index < -0.39 is 11.8 Å². The Morgan fingerprint density at radius 1 is 1.22 bits per heavy atom. The Morgan fingerprint density at radius 3 is 1.72 bits per heavy atom. The number of nitrogens with two attached hydrogens (primary N) is 2. The third-order valence-corrected chi connectivity index (χ3v) is 1.64. The molecule has 5 nitrogen and oxygen atoms in total. The second-order valence-electron chi connectivity index (χ2n) is 3.17. The van der Waals surface area contributed by atoms with Crippen LogP contribution in [0.2, 0.25) is 0 Å². The Balaban J connectivity index is 0. The van der Waals surface area contributed by atoms with Crippen LogP contribution in [-0.4, -0.2) is 24.4 Å². The van der Waals surface area contributed by atoms with E-state index in [1.807, 2.05) is 18.2 Å². The van der Waals surface area contributed by atoms with Crippen LogP contribution in [0.15, 0.2) is 30.3 Å². The minimum atomic E-state index is -0.687. The van der Waals surface area contributed by atoms with Gasteiger partial charge in [-0.25, -0.2) is 0 Å². The van der Waals surface area contributed by atoms with E-state index in [-0.39, 0.29) is 6.42 Å². The van der Waals surface area contributed by atoms with Crippen molar-refractivity contribution in [3.8, 4) is 0 Å². The zero-order chi connectivity index (χ0) is 14.4. The number of carbonyl (C=O) groups excluding carboxylic acids is 2. The lowest BCUT2D eigenvalue weighted by molar-refractivity contribution is -0.125. The van der Waals surface area contributed by atoms with Crippen molar-refractivity contribution in [1.29, 1.82) is 0 Å². The Labute approximate surface area is 113 Å². The number of amides is 2. The maximum absolute atomic E-state index is 9.73. The third kappa shape index (κ3) is 19.6. The van der Waals surface area contributed by atoms with Crippen LogP contribution in [0.4, 0.5) is 0 Å². The van der Waals surface area contributed by atoms with E-state index in [9.17, 15) is 9.59 Å². The Hall–Kier alpha value is -1.95. The molecule has 0 saturated heterocycles.